The molecular formula is C24H20F2N4O3. The number of pyridine rings is 1. The first kappa shape index (κ1) is 22.1. The zero-order valence-corrected chi connectivity index (χ0v) is 17.4. The van der Waals surface area contributed by atoms with Gasteiger partial charge in [-0.1, -0.05) is 47.6 Å². The number of ether oxygens (including phenoxy) is 1. The molecule has 2 aromatic carbocycles. The summed E-state index contributed by atoms with van der Waals surface area (Å²) in [6.07, 6.45) is 3.67. The summed E-state index contributed by atoms with van der Waals surface area (Å²) >= 11 is 0. The highest BCUT2D eigenvalue weighted by atomic mass is 19.3. The van der Waals surface area contributed by atoms with Crippen LogP contribution in [0.4, 0.5) is 8.78 Å². The number of rotatable bonds is 9. The zero-order valence-electron chi connectivity index (χ0n) is 17.4. The molecule has 4 rings (SSSR count). The Hall–Kier alpha value is -4.14. The number of nitrogens with zero attached hydrogens (tertiary/aromatic N) is 3. The Balaban J connectivity index is 1.43. The van der Waals surface area contributed by atoms with Crippen LogP contribution in [-0.4, -0.2) is 27.6 Å². The summed E-state index contributed by atoms with van der Waals surface area (Å²) in [4.78, 5) is 21.0. The average Bonchev–Trinajstić information content (AvgIpc) is 3.32. The van der Waals surface area contributed by atoms with Crippen LogP contribution in [-0.2, 0) is 11.2 Å². The second-order valence-corrected chi connectivity index (χ2v) is 7.11. The molecule has 7 nitrogen and oxygen atoms in total. The normalized spacial score (nSPS) is 11.8. The Bertz CT molecular complexity index is 1170. The van der Waals surface area contributed by atoms with E-state index in [0.29, 0.717) is 11.7 Å². The van der Waals surface area contributed by atoms with E-state index in [2.05, 4.69) is 25.2 Å². The number of halogens is 2. The van der Waals surface area contributed by atoms with Gasteiger partial charge in [-0.25, -0.2) is 0 Å². The van der Waals surface area contributed by atoms with Crippen molar-refractivity contribution in [2.45, 2.75) is 25.5 Å². The monoisotopic (exact) mass is 450 g/mol. The molecule has 1 atom stereocenters. The maximum absolute atomic E-state index is 12.7. The van der Waals surface area contributed by atoms with Crippen LogP contribution in [0, 0.1) is 0 Å². The van der Waals surface area contributed by atoms with Gasteiger partial charge in [0.15, 0.2) is 0 Å². The van der Waals surface area contributed by atoms with Crippen molar-refractivity contribution in [2.24, 2.45) is 0 Å². The van der Waals surface area contributed by atoms with Gasteiger partial charge in [-0.15, -0.1) is 0 Å². The minimum atomic E-state index is -2.90. The molecule has 0 aliphatic carbocycles. The van der Waals surface area contributed by atoms with Gasteiger partial charge in [-0.3, -0.25) is 9.78 Å². The molecule has 0 saturated carbocycles. The van der Waals surface area contributed by atoms with Crippen LogP contribution in [0.3, 0.4) is 0 Å². The lowest BCUT2D eigenvalue weighted by Crippen LogP contribution is -2.29. The van der Waals surface area contributed by atoms with Crippen LogP contribution in [0.25, 0.3) is 11.4 Å². The molecule has 1 unspecified atom stereocenters. The summed E-state index contributed by atoms with van der Waals surface area (Å²) < 4.78 is 34.5. The fourth-order valence-electron chi connectivity index (χ4n) is 3.27. The Morgan fingerprint density at radius 2 is 1.67 bits per heavy atom. The van der Waals surface area contributed by atoms with Gasteiger partial charge in [0.1, 0.15) is 5.75 Å². The van der Waals surface area contributed by atoms with Gasteiger partial charge >= 0.3 is 6.61 Å². The van der Waals surface area contributed by atoms with Gasteiger partial charge in [-0.2, -0.15) is 13.8 Å². The van der Waals surface area contributed by atoms with E-state index in [1.165, 1.54) is 12.1 Å². The van der Waals surface area contributed by atoms with Crippen molar-refractivity contribution in [3.05, 3.63) is 96.1 Å². The Morgan fingerprint density at radius 1 is 0.970 bits per heavy atom. The third-order valence-corrected chi connectivity index (χ3v) is 4.85. The Labute approximate surface area is 188 Å². The van der Waals surface area contributed by atoms with E-state index in [1.54, 1.807) is 36.7 Å². The van der Waals surface area contributed by atoms with Crippen molar-refractivity contribution in [3.8, 4) is 17.1 Å². The third-order valence-electron chi connectivity index (χ3n) is 4.85. The number of benzene rings is 2. The number of alkyl halides is 2. The minimum Gasteiger partial charge on any atom is -0.435 e. The number of aryl methyl sites for hydroxylation is 1. The largest absolute Gasteiger partial charge is 0.435 e. The van der Waals surface area contributed by atoms with E-state index in [1.807, 2.05) is 30.3 Å². The third kappa shape index (κ3) is 5.97. The Kier molecular flexibility index (Phi) is 6.99. The molecule has 0 aliphatic rings. The second-order valence-electron chi connectivity index (χ2n) is 7.11. The van der Waals surface area contributed by atoms with Crippen molar-refractivity contribution in [3.63, 3.8) is 0 Å². The number of nitrogens with one attached hydrogen (secondary N) is 1. The van der Waals surface area contributed by atoms with E-state index in [0.717, 1.165) is 16.7 Å². The fourth-order valence-corrected chi connectivity index (χ4v) is 3.27. The topological polar surface area (TPSA) is 90.1 Å². The first-order valence-corrected chi connectivity index (χ1v) is 10.2. The molecule has 9 heteroatoms. The zero-order chi connectivity index (χ0) is 23.0. The SMILES string of the molecule is O=C(CCc1nc(-c2ccncc2)no1)NC(c1ccccc1)c1ccc(OC(F)F)cc1. The summed E-state index contributed by atoms with van der Waals surface area (Å²) in [5.41, 5.74) is 2.35. The van der Waals surface area contributed by atoms with Gasteiger partial charge < -0.3 is 14.6 Å². The molecule has 1 amide bonds. The van der Waals surface area contributed by atoms with Gasteiger partial charge in [0, 0.05) is 30.8 Å². The van der Waals surface area contributed by atoms with Crippen LogP contribution in [0.15, 0.2) is 83.6 Å². The molecule has 33 heavy (non-hydrogen) atoms. The van der Waals surface area contributed by atoms with Crippen molar-refractivity contribution >= 4 is 5.91 Å². The maximum Gasteiger partial charge on any atom is 0.387 e. The van der Waals surface area contributed by atoms with Gasteiger partial charge in [-0.05, 0) is 35.4 Å². The molecule has 2 aromatic heterocycles. The smallest absolute Gasteiger partial charge is 0.387 e. The van der Waals surface area contributed by atoms with Crippen LogP contribution in [0.5, 0.6) is 5.75 Å². The highest BCUT2D eigenvalue weighted by molar-refractivity contribution is 5.77. The lowest BCUT2D eigenvalue weighted by atomic mass is 9.98. The quantitative estimate of drug-likeness (QED) is 0.402. The molecule has 0 spiro atoms. The van der Waals surface area contributed by atoms with E-state index in [9.17, 15) is 13.6 Å². The van der Waals surface area contributed by atoms with Gasteiger partial charge in [0.2, 0.25) is 17.6 Å². The average molecular weight is 450 g/mol. The minimum absolute atomic E-state index is 0.0493. The van der Waals surface area contributed by atoms with E-state index in [-0.39, 0.29) is 24.5 Å². The number of carbonyl (C=O) groups is 1. The van der Waals surface area contributed by atoms with Crippen molar-refractivity contribution in [2.75, 3.05) is 0 Å². The molecule has 1 N–H and O–H groups in total. The van der Waals surface area contributed by atoms with Gasteiger partial charge in [0.05, 0.1) is 6.04 Å². The molecule has 168 valence electrons. The molecular weight excluding hydrogens is 430 g/mol. The van der Waals surface area contributed by atoms with Crippen molar-refractivity contribution in [1.82, 2.24) is 20.4 Å². The summed E-state index contributed by atoms with van der Waals surface area (Å²) in [6, 6.07) is 18.6. The highest BCUT2D eigenvalue weighted by Gasteiger charge is 2.18. The predicted molar refractivity (Wildman–Crippen MR) is 115 cm³/mol. The summed E-state index contributed by atoms with van der Waals surface area (Å²) in [5.74, 6) is 0.608. The standard InChI is InChI=1S/C24H20F2N4O3/c25-24(26)32-19-8-6-17(7-9-19)22(16-4-2-1-3-5-16)28-20(31)10-11-21-29-23(30-33-21)18-12-14-27-15-13-18/h1-9,12-15,22,24H,10-11H2,(H,28,31). The van der Waals surface area contributed by atoms with Crippen molar-refractivity contribution < 1.29 is 22.8 Å². The first-order chi connectivity index (χ1) is 16.1. The number of hydrogen-bond acceptors (Lipinski definition) is 6. The predicted octanol–water partition coefficient (Wildman–Crippen LogP) is 4.57. The molecule has 2 heterocycles. The van der Waals surface area contributed by atoms with Crippen LogP contribution < -0.4 is 10.1 Å². The van der Waals surface area contributed by atoms with E-state index >= 15 is 0 Å². The number of amides is 1. The van der Waals surface area contributed by atoms with E-state index < -0.39 is 12.7 Å². The molecule has 0 saturated heterocycles. The van der Waals surface area contributed by atoms with Crippen LogP contribution >= 0.6 is 0 Å². The summed E-state index contributed by atoms with van der Waals surface area (Å²) in [7, 11) is 0. The van der Waals surface area contributed by atoms with E-state index in [4.69, 9.17) is 4.52 Å². The molecule has 0 fully saturated rings. The molecule has 0 aliphatic heterocycles. The lowest BCUT2D eigenvalue weighted by Gasteiger charge is -2.20. The summed E-state index contributed by atoms with van der Waals surface area (Å²) in [6.45, 7) is -2.90. The van der Waals surface area contributed by atoms with Gasteiger partial charge in [0.25, 0.3) is 0 Å². The second kappa shape index (κ2) is 10.4. The van der Waals surface area contributed by atoms with Crippen LogP contribution in [0.1, 0.15) is 29.5 Å². The molecule has 0 bridgehead atoms. The maximum atomic E-state index is 12.7. The first-order valence-electron chi connectivity index (χ1n) is 10.2. The highest BCUT2D eigenvalue weighted by Crippen LogP contribution is 2.25. The van der Waals surface area contributed by atoms with Crippen LogP contribution in [0.2, 0.25) is 0 Å². The summed E-state index contributed by atoms with van der Waals surface area (Å²) in [5, 5.41) is 6.93. The lowest BCUT2D eigenvalue weighted by molar-refractivity contribution is -0.121. The number of hydrogen-bond donors (Lipinski definition) is 1. The van der Waals surface area contributed by atoms with Crippen molar-refractivity contribution in [1.29, 1.82) is 0 Å². The molecule has 4 aromatic rings. The Morgan fingerprint density at radius 3 is 2.36 bits per heavy atom. The number of carbonyl (C=O) groups excluding carboxylic acids is 1. The number of aromatic nitrogens is 3. The fraction of sp³-hybridized carbons (Fsp3) is 0.167. The molecule has 0 radical (unpaired) electrons.